The van der Waals surface area contributed by atoms with Crippen LogP contribution < -0.4 is 5.32 Å². The molecule has 19 heavy (non-hydrogen) atoms. The Labute approximate surface area is 119 Å². The van der Waals surface area contributed by atoms with E-state index >= 15 is 0 Å². The lowest BCUT2D eigenvalue weighted by Crippen LogP contribution is -2.43. The van der Waals surface area contributed by atoms with E-state index in [2.05, 4.69) is 64.2 Å². The maximum Gasteiger partial charge on any atom is 0.0158 e. The van der Waals surface area contributed by atoms with Gasteiger partial charge in [0.25, 0.3) is 0 Å². The summed E-state index contributed by atoms with van der Waals surface area (Å²) >= 11 is 0. The Bertz CT molecular complexity index is 350. The van der Waals surface area contributed by atoms with Crippen LogP contribution in [0, 0.1) is 5.41 Å². The average Bonchev–Trinajstić information content (AvgIpc) is 2.43. The van der Waals surface area contributed by atoms with E-state index in [1.165, 1.54) is 24.0 Å². The minimum absolute atomic E-state index is 0.346. The predicted octanol–water partition coefficient (Wildman–Crippen LogP) is 4.60. The van der Waals surface area contributed by atoms with Gasteiger partial charge in [0.1, 0.15) is 0 Å². The van der Waals surface area contributed by atoms with Gasteiger partial charge < -0.3 is 5.32 Å². The normalized spacial score (nSPS) is 13.5. The summed E-state index contributed by atoms with van der Waals surface area (Å²) in [5.74, 6) is 0. The number of aryl methyl sites for hydroxylation is 1. The molecular formula is C18H31N. The third kappa shape index (κ3) is 4.99. The van der Waals surface area contributed by atoms with Crippen molar-refractivity contribution in [2.75, 3.05) is 6.54 Å². The average molecular weight is 261 g/mol. The number of hydrogen-bond acceptors (Lipinski definition) is 1. The first-order chi connectivity index (χ1) is 9.03. The number of hydrogen-bond donors (Lipinski definition) is 1. The molecule has 0 amide bonds. The van der Waals surface area contributed by atoms with Crippen molar-refractivity contribution in [3.63, 3.8) is 0 Å². The van der Waals surface area contributed by atoms with Crippen LogP contribution in [0.2, 0.25) is 0 Å². The maximum atomic E-state index is 3.74. The zero-order valence-corrected chi connectivity index (χ0v) is 13.4. The minimum atomic E-state index is 0.346. The number of benzene rings is 1. The molecule has 0 saturated carbocycles. The summed E-state index contributed by atoms with van der Waals surface area (Å²) in [6, 6.07) is 9.69. The first-order valence-corrected chi connectivity index (χ1v) is 7.84. The van der Waals surface area contributed by atoms with E-state index in [-0.39, 0.29) is 0 Å². The van der Waals surface area contributed by atoms with Gasteiger partial charge in [0.05, 0.1) is 0 Å². The fourth-order valence-corrected chi connectivity index (χ4v) is 2.34. The second kappa shape index (κ2) is 7.69. The van der Waals surface area contributed by atoms with Crippen molar-refractivity contribution in [3.05, 3.63) is 35.4 Å². The van der Waals surface area contributed by atoms with Crippen LogP contribution in [0.1, 0.15) is 58.6 Å². The lowest BCUT2D eigenvalue weighted by molar-refractivity contribution is 0.230. The summed E-state index contributed by atoms with van der Waals surface area (Å²) in [7, 11) is 0. The molecule has 0 radical (unpaired) electrons. The molecule has 1 unspecified atom stereocenters. The topological polar surface area (TPSA) is 12.0 Å². The third-order valence-electron chi connectivity index (χ3n) is 4.37. The zero-order chi connectivity index (χ0) is 14.3. The summed E-state index contributed by atoms with van der Waals surface area (Å²) in [6.07, 6.45) is 4.66. The second-order valence-electron chi connectivity index (χ2n) is 6.22. The monoisotopic (exact) mass is 261 g/mol. The molecule has 0 heterocycles. The van der Waals surface area contributed by atoms with Crippen molar-refractivity contribution >= 4 is 0 Å². The molecule has 1 N–H and O–H groups in total. The van der Waals surface area contributed by atoms with Crippen LogP contribution >= 0.6 is 0 Å². The second-order valence-corrected chi connectivity index (χ2v) is 6.22. The maximum absolute atomic E-state index is 3.74. The molecule has 0 aliphatic rings. The quantitative estimate of drug-likeness (QED) is 0.721. The Morgan fingerprint density at radius 2 is 1.58 bits per heavy atom. The Morgan fingerprint density at radius 3 is 2.05 bits per heavy atom. The van der Waals surface area contributed by atoms with Crippen molar-refractivity contribution in [2.24, 2.45) is 5.41 Å². The fourth-order valence-electron chi connectivity index (χ4n) is 2.34. The van der Waals surface area contributed by atoms with Crippen LogP contribution in [0.15, 0.2) is 24.3 Å². The predicted molar refractivity (Wildman–Crippen MR) is 85.7 cm³/mol. The van der Waals surface area contributed by atoms with Gasteiger partial charge in [0.15, 0.2) is 0 Å². The van der Waals surface area contributed by atoms with Gasteiger partial charge in [-0.2, -0.15) is 0 Å². The van der Waals surface area contributed by atoms with Gasteiger partial charge in [-0.05, 0) is 48.8 Å². The first kappa shape index (κ1) is 16.2. The van der Waals surface area contributed by atoms with E-state index in [1.807, 2.05) is 0 Å². The Morgan fingerprint density at radius 1 is 1.00 bits per heavy atom. The van der Waals surface area contributed by atoms with E-state index in [9.17, 15) is 0 Å². The Kier molecular flexibility index (Phi) is 6.57. The molecule has 108 valence electrons. The summed E-state index contributed by atoms with van der Waals surface area (Å²) in [5, 5.41) is 3.74. The molecule has 0 aromatic heterocycles. The van der Waals surface area contributed by atoms with Crippen LogP contribution in [-0.2, 0) is 12.8 Å². The Balaban J connectivity index is 2.75. The molecule has 1 aromatic carbocycles. The van der Waals surface area contributed by atoms with Gasteiger partial charge in [-0.25, -0.2) is 0 Å². The molecule has 0 fully saturated rings. The molecule has 0 aliphatic heterocycles. The van der Waals surface area contributed by atoms with Gasteiger partial charge in [-0.15, -0.1) is 0 Å². The minimum Gasteiger partial charge on any atom is -0.313 e. The molecule has 0 bridgehead atoms. The van der Waals surface area contributed by atoms with Gasteiger partial charge in [0.2, 0.25) is 0 Å². The molecule has 1 heteroatoms. The standard InChI is InChI=1S/C18H31N/c1-6-13-19-17(18(4,5)8-3)14-16-11-9-15(7-2)10-12-16/h9-12,17,19H,6-8,13-14H2,1-5H3. The molecule has 0 aliphatic carbocycles. The molecule has 1 aromatic rings. The van der Waals surface area contributed by atoms with Crippen molar-refractivity contribution in [1.82, 2.24) is 5.32 Å². The molecule has 1 nitrogen and oxygen atoms in total. The van der Waals surface area contributed by atoms with E-state index in [0.717, 1.165) is 19.4 Å². The van der Waals surface area contributed by atoms with Crippen molar-refractivity contribution in [1.29, 1.82) is 0 Å². The smallest absolute Gasteiger partial charge is 0.0158 e. The van der Waals surface area contributed by atoms with Crippen LogP contribution in [0.3, 0.4) is 0 Å². The lowest BCUT2D eigenvalue weighted by Gasteiger charge is -2.34. The molecular weight excluding hydrogens is 230 g/mol. The summed E-state index contributed by atoms with van der Waals surface area (Å²) in [6.45, 7) is 12.6. The van der Waals surface area contributed by atoms with Crippen LogP contribution in [0.25, 0.3) is 0 Å². The summed E-state index contributed by atoms with van der Waals surface area (Å²) in [4.78, 5) is 0. The zero-order valence-electron chi connectivity index (χ0n) is 13.4. The third-order valence-corrected chi connectivity index (χ3v) is 4.37. The van der Waals surface area contributed by atoms with Gasteiger partial charge in [-0.3, -0.25) is 0 Å². The van der Waals surface area contributed by atoms with Crippen molar-refractivity contribution in [2.45, 2.75) is 66.3 Å². The summed E-state index contributed by atoms with van der Waals surface area (Å²) in [5.41, 5.74) is 3.22. The largest absolute Gasteiger partial charge is 0.313 e. The summed E-state index contributed by atoms with van der Waals surface area (Å²) < 4.78 is 0. The van der Waals surface area contributed by atoms with Crippen LogP contribution in [-0.4, -0.2) is 12.6 Å². The van der Waals surface area contributed by atoms with E-state index in [1.54, 1.807) is 0 Å². The van der Waals surface area contributed by atoms with Crippen molar-refractivity contribution < 1.29 is 0 Å². The van der Waals surface area contributed by atoms with Crippen LogP contribution in [0.4, 0.5) is 0 Å². The fraction of sp³-hybridized carbons (Fsp3) is 0.667. The van der Waals surface area contributed by atoms with Gasteiger partial charge >= 0.3 is 0 Å². The molecule has 1 atom stereocenters. The molecule has 0 saturated heterocycles. The van der Waals surface area contributed by atoms with Crippen LogP contribution in [0.5, 0.6) is 0 Å². The molecule has 0 spiro atoms. The van der Waals surface area contributed by atoms with E-state index < -0.39 is 0 Å². The highest BCUT2D eigenvalue weighted by molar-refractivity contribution is 5.23. The van der Waals surface area contributed by atoms with Gasteiger partial charge in [-0.1, -0.05) is 58.9 Å². The van der Waals surface area contributed by atoms with E-state index in [0.29, 0.717) is 11.5 Å². The van der Waals surface area contributed by atoms with Gasteiger partial charge in [0, 0.05) is 6.04 Å². The number of rotatable bonds is 8. The lowest BCUT2D eigenvalue weighted by atomic mass is 9.79. The highest BCUT2D eigenvalue weighted by Crippen LogP contribution is 2.27. The molecule has 1 rings (SSSR count). The SMILES string of the molecule is CCCNC(Cc1ccc(CC)cc1)C(C)(C)CC. The Hall–Kier alpha value is -0.820. The van der Waals surface area contributed by atoms with E-state index in [4.69, 9.17) is 0 Å². The van der Waals surface area contributed by atoms with Crippen molar-refractivity contribution in [3.8, 4) is 0 Å². The highest BCUT2D eigenvalue weighted by Gasteiger charge is 2.27. The first-order valence-electron chi connectivity index (χ1n) is 7.84. The highest BCUT2D eigenvalue weighted by atomic mass is 14.9. The number of nitrogens with one attached hydrogen (secondary N) is 1.